The molecule has 1 N–H and O–H groups in total. The molecule has 1 aliphatic rings. The molecule has 1 aliphatic heterocycles. The maximum absolute atomic E-state index is 11.6. The van der Waals surface area contributed by atoms with Crippen molar-refractivity contribution in [3.8, 4) is 0 Å². The highest BCUT2D eigenvalue weighted by Crippen LogP contribution is 2.14. The first-order chi connectivity index (χ1) is 6.06. The maximum Gasteiger partial charge on any atom is 0.214 e. The zero-order valence-electron chi connectivity index (χ0n) is 7.94. The monoisotopic (exact) mass is 207 g/mol. The van der Waals surface area contributed by atoms with Gasteiger partial charge in [-0.1, -0.05) is 13.3 Å². The molecule has 0 spiro atoms. The van der Waals surface area contributed by atoms with Crippen molar-refractivity contribution in [1.29, 1.82) is 0 Å². The Kier molecular flexibility index (Phi) is 3.70. The first-order valence-electron chi connectivity index (χ1n) is 4.72. The first kappa shape index (κ1) is 10.9. The van der Waals surface area contributed by atoms with Gasteiger partial charge >= 0.3 is 0 Å². The smallest absolute Gasteiger partial charge is 0.214 e. The molecule has 0 bridgehead atoms. The van der Waals surface area contributed by atoms with Gasteiger partial charge in [0.15, 0.2) is 0 Å². The molecule has 5 heteroatoms. The van der Waals surface area contributed by atoms with Crippen molar-refractivity contribution in [3.05, 3.63) is 0 Å². The SMILES string of the molecule is CCCCS(=O)(=O)N1CC[C@@H](O)C1. The highest BCUT2D eigenvalue weighted by atomic mass is 32.2. The van der Waals surface area contributed by atoms with Crippen LogP contribution in [0.5, 0.6) is 0 Å². The van der Waals surface area contributed by atoms with Crippen molar-refractivity contribution in [2.45, 2.75) is 32.3 Å². The average molecular weight is 207 g/mol. The van der Waals surface area contributed by atoms with Crippen molar-refractivity contribution in [1.82, 2.24) is 4.31 Å². The summed E-state index contributed by atoms with van der Waals surface area (Å²) in [6.45, 7) is 2.73. The van der Waals surface area contributed by atoms with E-state index in [1.165, 1.54) is 4.31 Å². The summed E-state index contributed by atoms with van der Waals surface area (Å²) in [6.07, 6.45) is 1.70. The molecule has 0 unspecified atom stereocenters. The van der Waals surface area contributed by atoms with Crippen molar-refractivity contribution in [2.75, 3.05) is 18.8 Å². The highest BCUT2D eigenvalue weighted by molar-refractivity contribution is 7.89. The van der Waals surface area contributed by atoms with E-state index in [-0.39, 0.29) is 12.3 Å². The van der Waals surface area contributed by atoms with E-state index >= 15 is 0 Å². The van der Waals surface area contributed by atoms with Gasteiger partial charge in [-0.25, -0.2) is 8.42 Å². The van der Waals surface area contributed by atoms with Crippen LogP contribution in [0, 0.1) is 0 Å². The molecule has 78 valence electrons. The van der Waals surface area contributed by atoms with E-state index in [2.05, 4.69) is 0 Å². The number of aliphatic hydroxyl groups is 1. The second-order valence-corrected chi connectivity index (χ2v) is 5.56. The molecule has 0 aliphatic carbocycles. The minimum atomic E-state index is -3.08. The van der Waals surface area contributed by atoms with Crippen LogP contribution in [0.2, 0.25) is 0 Å². The Morgan fingerprint density at radius 1 is 1.54 bits per heavy atom. The van der Waals surface area contributed by atoms with Crippen LogP contribution >= 0.6 is 0 Å². The third kappa shape index (κ3) is 2.93. The highest BCUT2D eigenvalue weighted by Gasteiger charge is 2.29. The van der Waals surface area contributed by atoms with Gasteiger partial charge in [-0.3, -0.25) is 0 Å². The van der Waals surface area contributed by atoms with Gasteiger partial charge in [0.1, 0.15) is 0 Å². The van der Waals surface area contributed by atoms with E-state index in [1.807, 2.05) is 6.92 Å². The number of nitrogens with zero attached hydrogens (tertiary/aromatic N) is 1. The Morgan fingerprint density at radius 3 is 2.69 bits per heavy atom. The summed E-state index contributed by atoms with van der Waals surface area (Å²) in [4.78, 5) is 0. The number of unbranched alkanes of at least 4 members (excludes halogenated alkanes) is 1. The standard InChI is InChI=1S/C8H17NO3S/c1-2-3-6-13(11,12)9-5-4-8(10)7-9/h8,10H,2-7H2,1H3/t8-/m1/s1. The second kappa shape index (κ2) is 4.39. The third-order valence-electron chi connectivity index (χ3n) is 2.28. The molecule has 0 amide bonds. The van der Waals surface area contributed by atoms with Crippen molar-refractivity contribution in [2.24, 2.45) is 0 Å². The minimum Gasteiger partial charge on any atom is -0.392 e. The molecule has 0 aromatic rings. The van der Waals surface area contributed by atoms with Gasteiger partial charge < -0.3 is 5.11 Å². The van der Waals surface area contributed by atoms with Gasteiger partial charge in [0.05, 0.1) is 11.9 Å². The molecule has 1 saturated heterocycles. The molecule has 13 heavy (non-hydrogen) atoms. The lowest BCUT2D eigenvalue weighted by Crippen LogP contribution is -2.31. The van der Waals surface area contributed by atoms with Gasteiger partial charge in [-0.2, -0.15) is 4.31 Å². The summed E-state index contributed by atoms with van der Waals surface area (Å²) in [5.41, 5.74) is 0. The minimum absolute atomic E-state index is 0.218. The summed E-state index contributed by atoms with van der Waals surface area (Å²) < 4.78 is 24.5. The predicted molar refractivity (Wildman–Crippen MR) is 50.9 cm³/mol. The Bertz CT molecular complexity index is 250. The van der Waals surface area contributed by atoms with Crippen LogP contribution in [0.1, 0.15) is 26.2 Å². The molecule has 0 aromatic carbocycles. The van der Waals surface area contributed by atoms with Crippen LogP contribution in [0.3, 0.4) is 0 Å². The Balaban J connectivity index is 2.50. The lowest BCUT2D eigenvalue weighted by atomic mass is 10.3. The third-order valence-corrected chi connectivity index (χ3v) is 4.20. The van der Waals surface area contributed by atoms with Gasteiger partial charge in [-0.05, 0) is 12.8 Å². The van der Waals surface area contributed by atoms with Crippen molar-refractivity contribution < 1.29 is 13.5 Å². The number of hydrogen-bond acceptors (Lipinski definition) is 3. The number of β-amino-alcohol motifs (C(OH)–C–C–N with tert-alkyl or cyclic N) is 1. The normalized spacial score (nSPS) is 25.2. The molecule has 0 aromatic heterocycles. The second-order valence-electron chi connectivity index (χ2n) is 3.47. The number of hydrogen-bond donors (Lipinski definition) is 1. The van der Waals surface area contributed by atoms with Gasteiger partial charge in [0.25, 0.3) is 0 Å². The number of sulfonamides is 1. The van der Waals surface area contributed by atoms with Crippen LogP contribution in [0.4, 0.5) is 0 Å². The Morgan fingerprint density at radius 2 is 2.23 bits per heavy atom. The summed E-state index contributed by atoms with van der Waals surface area (Å²) in [7, 11) is -3.08. The fourth-order valence-electron chi connectivity index (χ4n) is 1.42. The van der Waals surface area contributed by atoms with Crippen LogP contribution in [-0.2, 0) is 10.0 Å². The number of aliphatic hydroxyl groups excluding tert-OH is 1. The topological polar surface area (TPSA) is 57.6 Å². The molecule has 0 saturated carbocycles. The number of rotatable bonds is 4. The van der Waals surface area contributed by atoms with Crippen LogP contribution < -0.4 is 0 Å². The lowest BCUT2D eigenvalue weighted by molar-refractivity contribution is 0.189. The zero-order valence-corrected chi connectivity index (χ0v) is 8.76. The zero-order chi connectivity index (χ0) is 9.90. The summed E-state index contributed by atoms with van der Waals surface area (Å²) >= 11 is 0. The van der Waals surface area contributed by atoms with Crippen LogP contribution in [0.25, 0.3) is 0 Å². The van der Waals surface area contributed by atoms with Crippen LogP contribution in [0.15, 0.2) is 0 Å². The summed E-state index contributed by atoms with van der Waals surface area (Å²) in [6, 6.07) is 0. The van der Waals surface area contributed by atoms with E-state index in [0.717, 1.165) is 6.42 Å². The predicted octanol–water partition coefficient (Wildman–Crippen LogP) is 0.183. The average Bonchev–Trinajstić information content (AvgIpc) is 2.49. The largest absolute Gasteiger partial charge is 0.392 e. The molecule has 4 nitrogen and oxygen atoms in total. The quantitative estimate of drug-likeness (QED) is 0.715. The molecule has 1 rings (SSSR count). The van der Waals surface area contributed by atoms with Gasteiger partial charge in [-0.15, -0.1) is 0 Å². The fourth-order valence-corrected chi connectivity index (χ4v) is 3.11. The Hall–Kier alpha value is -0.130. The van der Waals surface area contributed by atoms with E-state index in [1.54, 1.807) is 0 Å². The first-order valence-corrected chi connectivity index (χ1v) is 6.33. The molecular weight excluding hydrogens is 190 g/mol. The molecular formula is C8H17NO3S. The van der Waals surface area contributed by atoms with E-state index in [0.29, 0.717) is 19.4 Å². The van der Waals surface area contributed by atoms with Gasteiger partial charge in [0.2, 0.25) is 10.0 Å². The summed E-state index contributed by atoms with van der Waals surface area (Å²) in [5.74, 6) is 0.218. The van der Waals surface area contributed by atoms with E-state index < -0.39 is 16.1 Å². The molecule has 1 atom stereocenters. The summed E-state index contributed by atoms with van der Waals surface area (Å²) in [5, 5.41) is 9.18. The Labute approximate surface area is 79.6 Å². The fraction of sp³-hybridized carbons (Fsp3) is 1.00. The lowest BCUT2D eigenvalue weighted by Gasteiger charge is -2.14. The van der Waals surface area contributed by atoms with Crippen molar-refractivity contribution in [3.63, 3.8) is 0 Å². The molecule has 1 fully saturated rings. The van der Waals surface area contributed by atoms with Crippen molar-refractivity contribution >= 4 is 10.0 Å². The van der Waals surface area contributed by atoms with Crippen LogP contribution in [-0.4, -0.2) is 42.8 Å². The van der Waals surface area contributed by atoms with E-state index in [4.69, 9.17) is 0 Å². The molecule has 0 radical (unpaired) electrons. The van der Waals surface area contributed by atoms with Gasteiger partial charge in [0, 0.05) is 13.1 Å². The van der Waals surface area contributed by atoms with E-state index in [9.17, 15) is 13.5 Å². The maximum atomic E-state index is 11.6. The molecule has 1 heterocycles.